The first-order chi connectivity index (χ1) is 12.7. The van der Waals surface area contributed by atoms with Crippen molar-refractivity contribution in [2.24, 2.45) is 17.8 Å². The lowest BCUT2D eigenvalue weighted by Crippen LogP contribution is -2.60. The van der Waals surface area contributed by atoms with Crippen LogP contribution in [0.2, 0.25) is 0 Å². The Balaban J connectivity index is 1.45. The maximum Gasteiger partial charge on any atom is 0.232 e. The molecule has 1 N–H and O–H groups in total. The van der Waals surface area contributed by atoms with Gasteiger partial charge in [0.25, 0.3) is 0 Å². The molecule has 0 aromatic heterocycles. The molecule has 2 aromatic rings. The van der Waals surface area contributed by atoms with Crippen LogP contribution in [-0.2, 0) is 4.79 Å². The van der Waals surface area contributed by atoms with E-state index >= 15 is 0 Å². The van der Waals surface area contributed by atoms with Crippen molar-refractivity contribution in [1.29, 1.82) is 0 Å². The first-order valence-corrected chi connectivity index (χ1v) is 10.1. The van der Waals surface area contributed by atoms with Gasteiger partial charge in [-0.15, -0.1) is 0 Å². The minimum absolute atomic E-state index is 0.0631. The SMILES string of the molecule is O=C(NC12CC3CC(CC(C3)C1)C2)C(c1ccccc1)c1ccccc1. The van der Waals surface area contributed by atoms with E-state index in [4.69, 9.17) is 0 Å². The number of carbonyl (C=O) groups is 1. The third-order valence-electron chi connectivity index (χ3n) is 6.95. The summed E-state index contributed by atoms with van der Waals surface area (Å²) < 4.78 is 0. The number of carbonyl (C=O) groups excluding carboxylic acids is 1. The standard InChI is InChI=1S/C24H27NO/c26-23(25-24-14-17-11-18(15-24)13-19(12-17)16-24)22(20-7-3-1-4-8-20)21-9-5-2-6-10-21/h1-10,17-19,22H,11-16H2,(H,25,26). The van der Waals surface area contributed by atoms with E-state index in [1.807, 2.05) is 36.4 Å². The summed E-state index contributed by atoms with van der Waals surface area (Å²) in [6, 6.07) is 20.5. The van der Waals surface area contributed by atoms with Crippen LogP contribution >= 0.6 is 0 Å². The van der Waals surface area contributed by atoms with Gasteiger partial charge in [0.1, 0.15) is 0 Å². The number of hydrogen-bond donors (Lipinski definition) is 1. The van der Waals surface area contributed by atoms with Gasteiger partial charge < -0.3 is 5.32 Å². The molecule has 0 spiro atoms. The van der Waals surface area contributed by atoms with Gasteiger partial charge in [0.15, 0.2) is 0 Å². The van der Waals surface area contributed by atoms with Gasteiger partial charge in [-0.05, 0) is 67.4 Å². The lowest BCUT2D eigenvalue weighted by molar-refractivity contribution is -0.127. The molecule has 6 rings (SSSR count). The normalized spacial score (nSPS) is 32.0. The van der Waals surface area contributed by atoms with Gasteiger partial charge in [-0.2, -0.15) is 0 Å². The molecule has 0 atom stereocenters. The van der Waals surface area contributed by atoms with Crippen molar-refractivity contribution >= 4 is 5.91 Å². The fourth-order valence-electron chi connectivity index (χ4n) is 6.38. The Morgan fingerprint density at radius 1 is 0.769 bits per heavy atom. The van der Waals surface area contributed by atoms with Crippen LogP contribution in [0.15, 0.2) is 60.7 Å². The predicted octanol–water partition coefficient (Wildman–Crippen LogP) is 4.90. The van der Waals surface area contributed by atoms with Crippen LogP contribution in [0.4, 0.5) is 0 Å². The molecule has 4 aliphatic carbocycles. The van der Waals surface area contributed by atoms with Gasteiger partial charge in [0.05, 0.1) is 5.92 Å². The molecule has 0 saturated heterocycles. The third kappa shape index (κ3) is 2.86. The summed E-state index contributed by atoms with van der Waals surface area (Å²) in [6.45, 7) is 0. The lowest BCUT2D eigenvalue weighted by Gasteiger charge is -2.57. The summed E-state index contributed by atoms with van der Waals surface area (Å²) in [7, 11) is 0. The lowest BCUT2D eigenvalue weighted by atomic mass is 9.53. The van der Waals surface area contributed by atoms with Crippen LogP contribution in [0.25, 0.3) is 0 Å². The maximum atomic E-state index is 13.5. The number of amides is 1. The molecule has 1 amide bonds. The molecule has 2 aromatic carbocycles. The molecule has 26 heavy (non-hydrogen) atoms. The number of benzene rings is 2. The second-order valence-corrected chi connectivity index (χ2v) is 8.94. The summed E-state index contributed by atoms with van der Waals surface area (Å²) in [5.74, 6) is 2.49. The molecule has 2 heteroatoms. The minimum atomic E-state index is -0.217. The van der Waals surface area contributed by atoms with E-state index in [2.05, 4.69) is 29.6 Å². The Kier molecular flexibility index (Phi) is 3.88. The van der Waals surface area contributed by atoms with Crippen molar-refractivity contribution in [3.63, 3.8) is 0 Å². The summed E-state index contributed by atoms with van der Waals surface area (Å²) in [6.07, 6.45) is 7.78. The monoisotopic (exact) mass is 345 g/mol. The van der Waals surface area contributed by atoms with Crippen molar-refractivity contribution in [2.75, 3.05) is 0 Å². The highest BCUT2D eigenvalue weighted by atomic mass is 16.2. The van der Waals surface area contributed by atoms with Gasteiger partial charge in [-0.25, -0.2) is 0 Å². The first kappa shape index (κ1) is 16.1. The molecule has 0 aliphatic heterocycles. The van der Waals surface area contributed by atoms with Crippen LogP contribution in [-0.4, -0.2) is 11.4 Å². The van der Waals surface area contributed by atoms with E-state index in [-0.39, 0.29) is 17.4 Å². The molecule has 4 aliphatic rings. The summed E-state index contributed by atoms with van der Waals surface area (Å²) in [4.78, 5) is 13.5. The van der Waals surface area contributed by atoms with Crippen molar-refractivity contribution in [3.05, 3.63) is 71.8 Å². The van der Waals surface area contributed by atoms with E-state index in [0.29, 0.717) is 0 Å². The molecule has 4 fully saturated rings. The smallest absolute Gasteiger partial charge is 0.232 e. The van der Waals surface area contributed by atoms with Crippen molar-refractivity contribution < 1.29 is 4.79 Å². The second-order valence-electron chi connectivity index (χ2n) is 8.94. The fourth-order valence-corrected chi connectivity index (χ4v) is 6.38. The van der Waals surface area contributed by atoms with Gasteiger partial charge >= 0.3 is 0 Å². The van der Waals surface area contributed by atoms with Crippen molar-refractivity contribution in [1.82, 2.24) is 5.32 Å². The highest BCUT2D eigenvalue weighted by molar-refractivity contribution is 5.87. The number of hydrogen-bond acceptors (Lipinski definition) is 1. The Bertz CT molecular complexity index is 708. The molecule has 4 bridgehead atoms. The van der Waals surface area contributed by atoms with Crippen molar-refractivity contribution in [3.8, 4) is 0 Å². The van der Waals surface area contributed by atoms with Gasteiger partial charge in [0, 0.05) is 5.54 Å². The van der Waals surface area contributed by atoms with E-state index in [9.17, 15) is 4.79 Å². The average Bonchev–Trinajstić information content (AvgIpc) is 2.62. The predicted molar refractivity (Wildman–Crippen MR) is 104 cm³/mol. The van der Waals surface area contributed by atoms with Crippen molar-refractivity contribution in [2.45, 2.75) is 50.0 Å². The largest absolute Gasteiger partial charge is 0.350 e. The van der Waals surface area contributed by atoms with Crippen LogP contribution in [0.1, 0.15) is 55.6 Å². The zero-order valence-corrected chi connectivity index (χ0v) is 15.2. The second kappa shape index (κ2) is 6.26. The van der Waals surface area contributed by atoms with Crippen LogP contribution in [0, 0.1) is 17.8 Å². The van der Waals surface area contributed by atoms with E-state index in [1.165, 1.54) is 38.5 Å². The van der Waals surface area contributed by atoms with Crippen LogP contribution in [0.3, 0.4) is 0 Å². The van der Waals surface area contributed by atoms with Gasteiger partial charge in [-0.3, -0.25) is 4.79 Å². The number of rotatable bonds is 4. The Morgan fingerprint density at radius 2 is 1.19 bits per heavy atom. The topological polar surface area (TPSA) is 29.1 Å². The molecule has 0 heterocycles. The number of nitrogens with one attached hydrogen (secondary N) is 1. The highest BCUT2D eigenvalue weighted by Crippen LogP contribution is 2.55. The van der Waals surface area contributed by atoms with Crippen LogP contribution < -0.4 is 5.32 Å². The van der Waals surface area contributed by atoms with Gasteiger partial charge in [0.2, 0.25) is 5.91 Å². The molecule has 4 saturated carbocycles. The quantitative estimate of drug-likeness (QED) is 0.839. The van der Waals surface area contributed by atoms with E-state index < -0.39 is 0 Å². The Morgan fingerprint density at radius 3 is 1.62 bits per heavy atom. The molecule has 0 radical (unpaired) electrons. The third-order valence-corrected chi connectivity index (χ3v) is 6.95. The summed E-state index contributed by atoms with van der Waals surface area (Å²) in [5.41, 5.74) is 2.23. The summed E-state index contributed by atoms with van der Waals surface area (Å²) >= 11 is 0. The van der Waals surface area contributed by atoms with E-state index in [1.54, 1.807) is 0 Å². The zero-order chi connectivity index (χ0) is 17.6. The first-order valence-electron chi connectivity index (χ1n) is 10.1. The highest BCUT2D eigenvalue weighted by Gasteiger charge is 2.51. The molecular formula is C24H27NO. The van der Waals surface area contributed by atoms with Gasteiger partial charge in [-0.1, -0.05) is 60.7 Å². The average molecular weight is 345 g/mol. The Labute approximate surface area is 156 Å². The van der Waals surface area contributed by atoms with E-state index in [0.717, 1.165) is 28.9 Å². The minimum Gasteiger partial charge on any atom is -0.350 e. The molecular weight excluding hydrogens is 318 g/mol. The maximum absolute atomic E-state index is 13.5. The molecule has 0 unspecified atom stereocenters. The molecule has 134 valence electrons. The Hall–Kier alpha value is -2.09. The van der Waals surface area contributed by atoms with Crippen LogP contribution in [0.5, 0.6) is 0 Å². The zero-order valence-electron chi connectivity index (χ0n) is 15.2. The fraction of sp³-hybridized carbons (Fsp3) is 0.458. The molecule has 2 nitrogen and oxygen atoms in total. The summed E-state index contributed by atoms with van der Waals surface area (Å²) in [5, 5.41) is 3.58.